The van der Waals surface area contributed by atoms with E-state index in [4.69, 9.17) is 0 Å². The Morgan fingerprint density at radius 2 is 1.20 bits per heavy atom. The van der Waals surface area contributed by atoms with Gasteiger partial charge in [0.1, 0.15) is 5.57 Å². The van der Waals surface area contributed by atoms with E-state index in [0.717, 1.165) is 0 Å². The van der Waals surface area contributed by atoms with Crippen molar-refractivity contribution in [3.8, 4) is 0 Å². The van der Waals surface area contributed by atoms with Gasteiger partial charge in [0.25, 0.3) is 0 Å². The van der Waals surface area contributed by atoms with E-state index < -0.39 is 41.5 Å². The lowest BCUT2D eigenvalue weighted by Crippen LogP contribution is -2.39. The summed E-state index contributed by atoms with van der Waals surface area (Å²) in [7, 11) is 0.110. The molecule has 0 aliphatic rings. The topological polar surface area (TPSA) is 9.23 Å². The van der Waals surface area contributed by atoms with Crippen molar-refractivity contribution in [2.45, 2.75) is 18.3 Å². The van der Waals surface area contributed by atoms with Crippen molar-refractivity contribution in [3.05, 3.63) is 23.2 Å². The minimum absolute atomic E-state index is 0.110. The second-order valence-electron chi connectivity index (χ2n) is 3.05. The smallest absolute Gasteiger partial charge is 0.460 e. The van der Waals surface area contributed by atoms with Gasteiger partial charge in [-0.3, -0.25) is 0 Å². The molecule has 0 spiro atoms. The summed E-state index contributed by atoms with van der Waals surface area (Å²) >= 11 is 0. The van der Waals surface area contributed by atoms with Crippen LogP contribution in [0.3, 0.4) is 0 Å². The lowest BCUT2D eigenvalue weighted by molar-refractivity contribution is -0.272. The monoisotopic (exact) mass is 324 g/mol. The van der Waals surface area contributed by atoms with Crippen LogP contribution >= 0.6 is 0 Å². The quantitative estimate of drug-likeness (QED) is 0.414. The zero-order chi connectivity index (χ0) is 16.5. The van der Waals surface area contributed by atoms with E-state index in [9.17, 15) is 48.3 Å². The summed E-state index contributed by atoms with van der Waals surface area (Å²) in [6.45, 7) is 0. The number of hydrogen-bond donors (Lipinski definition) is 0. The van der Waals surface area contributed by atoms with Crippen LogP contribution in [0.2, 0.25) is 0 Å². The molecule has 0 N–H and O–H groups in total. The van der Waals surface area contributed by atoms with Gasteiger partial charge >= 0.3 is 24.4 Å². The predicted octanol–water partition coefficient (Wildman–Crippen LogP) is 4.72. The van der Waals surface area contributed by atoms with Crippen LogP contribution in [0.5, 0.6) is 0 Å². The van der Waals surface area contributed by atoms with E-state index in [2.05, 4.69) is 4.74 Å². The molecule has 118 valence electrons. The van der Waals surface area contributed by atoms with Crippen molar-refractivity contribution in [1.29, 1.82) is 0 Å². The predicted molar refractivity (Wildman–Crippen MR) is 41.4 cm³/mol. The molecule has 0 fully saturated rings. The molecule has 0 saturated heterocycles. The van der Waals surface area contributed by atoms with Gasteiger partial charge in [0, 0.05) is 0 Å². The SMILES string of the molecule is COC(=C(F)F)/C(=C(\F)C(F)(F)C(F)(F)F)C(F)(F)F. The van der Waals surface area contributed by atoms with Crippen molar-refractivity contribution in [2.75, 3.05) is 7.11 Å². The van der Waals surface area contributed by atoms with Crippen LogP contribution in [-0.4, -0.2) is 25.4 Å². The number of methoxy groups -OCH3 is 1. The Morgan fingerprint density at radius 1 is 0.800 bits per heavy atom. The molecule has 0 atom stereocenters. The van der Waals surface area contributed by atoms with Crippen molar-refractivity contribution >= 4 is 0 Å². The van der Waals surface area contributed by atoms with E-state index in [1.807, 2.05) is 0 Å². The van der Waals surface area contributed by atoms with Crippen LogP contribution < -0.4 is 0 Å². The van der Waals surface area contributed by atoms with Gasteiger partial charge in [-0.25, -0.2) is 4.39 Å². The number of hydrogen-bond acceptors (Lipinski definition) is 1. The molecule has 0 aromatic carbocycles. The first kappa shape index (κ1) is 18.5. The third-order valence-corrected chi connectivity index (χ3v) is 1.74. The molecule has 1 nitrogen and oxygen atoms in total. The summed E-state index contributed by atoms with van der Waals surface area (Å²) in [6, 6.07) is 0. The van der Waals surface area contributed by atoms with Crippen LogP contribution in [0, 0.1) is 0 Å². The molecular weight excluding hydrogens is 321 g/mol. The van der Waals surface area contributed by atoms with Gasteiger partial charge in [0.2, 0.25) is 0 Å². The van der Waals surface area contributed by atoms with E-state index in [1.165, 1.54) is 0 Å². The summed E-state index contributed by atoms with van der Waals surface area (Å²) in [4.78, 5) is 0. The van der Waals surface area contributed by atoms with E-state index >= 15 is 0 Å². The van der Waals surface area contributed by atoms with Crippen LogP contribution in [0.4, 0.5) is 48.3 Å². The summed E-state index contributed by atoms with van der Waals surface area (Å²) in [5, 5.41) is 0. The number of halogens is 11. The molecule has 0 rings (SSSR count). The van der Waals surface area contributed by atoms with Crippen molar-refractivity contribution in [1.82, 2.24) is 0 Å². The number of ether oxygens (including phenoxy) is 1. The van der Waals surface area contributed by atoms with E-state index in [-0.39, 0.29) is 7.11 Å². The van der Waals surface area contributed by atoms with Crippen molar-refractivity contribution in [2.24, 2.45) is 0 Å². The molecule has 0 heterocycles. The molecule has 0 aliphatic carbocycles. The average molecular weight is 324 g/mol. The second kappa shape index (κ2) is 5.48. The van der Waals surface area contributed by atoms with Gasteiger partial charge in [-0.05, 0) is 0 Å². The fourth-order valence-corrected chi connectivity index (χ4v) is 0.908. The first-order chi connectivity index (χ1) is 8.67. The molecule has 0 aromatic heterocycles. The number of rotatable bonds is 3. The Balaban J connectivity index is 6.43. The summed E-state index contributed by atoms with van der Waals surface area (Å²) in [5.74, 6) is -13.5. The largest absolute Gasteiger partial charge is 0.491 e. The molecule has 0 unspecified atom stereocenters. The fraction of sp³-hybridized carbons (Fsp3) is 0.500. The van der Waals surface area contributed by atoms with Gasteiger partial charge in [0.15, 0.2) is 11.6 Å². The van der Waals surface area contributed by atoms with Gasteiger partial charge in [-0.1, -0.05) is 0 Å². The maximum atomic E-state index is 12.9. The molecular formula is C8H3F11O. The standard InChI is InChI=1S/C8H3F11O/c1-20-3(5(10)11)2(7(14,15)16)4(9)6(12,13)8(17,18)19/h1H3/b4-2+. The molecule has 20 heavy (non-hydrogen) atoms. The Bertz CT molecular complexity index is 421. The second-order valence-corrected chi connectivity index (χ2v) is 3.05. The molecule has 0 bridgehead atoms. The molecule has 12 heteroatoms. The summed E-state index contributed by atoms with van der Waals surface area (Å²) in [5.41, 5.74) is -3.54. The lowest BCUT2D eigenvalue weighted by Gasteiger charge is -2.22. The van der Waals surface area contributed by atoms with E-state index in [0.29, 0.717) is 0 Å². The molecule has 0 saturated carbocycles. The van der Waals surface area contributed by atoms with E-state index in [1.54, 1.807) is 0 Å². The molecule has 0 aromatic rings. The Labute approximate surface area is 103 Å². The van der Waals surface area contributed by atoms with Crippen LogP contribution in [0.1, 0.15) is 0 Å². The Kier molecular flexibility index (Phi) is 5.07. The maximum Gasteiger partial charge on any atom is 0.460 e. The van der Waals surface area contributed by atoms with Crippen LogP contribution in [0.15, 0.2) is 23.2 Å². The van der Waals surface area contributed by atoms with Crippen molar-refractivity contribution in [3.63, 3.8) is 0 Å². The lowest BCUT2D eigenvalue weighted by atomic mass is 10.1. The highest BCUT2D eigenvalue weighted by Crippen LogP contribution is 2.47. The normalized spacial score (nSPS) is 14.8. The average Bonchev–Trinajstić information content (AvgIpc) is 2.20. The zero-order valence-corrected chi connectivity index (χ0v) is 9.07. The first-order valence-corrected chi connectivity index (χ1v) is 4.19. The first-order valence-electron chi connectivity index (χ1n) is 4.19. The Hall–Kier alpha value is -1.49. The van der Waals surface area contributed by atoms with Crippen molar-refractivity contribution < 1.29 is 53.0 Å². The summed E-state index contributed by atoms with van der Waals surface area (Å²) in [6.07, 6.45) is -16.4. The highest BCUT2D eigenvalue weighted by atomic mass is 19.4. The molecule has 0 amide bonds. The van der Waals surface area contributed by atoms with Crippen LogP contribution in [0.25, 0.3) is 0 Å². The summed E-state index contributed by atoms with van der Waals surface area (Å²) < 4.78 is 137. The van der Waals surface area contributed by atoms with Gasteiger partial charge < -0.3 is 4.74 Å². The number of alkyl halides is 8. The van der Waals surface area contributed by atoms with Crippen LogP contribution in [-0.2, 0) is 4.74 Å². The molecule has 0 aliphatic heterocycles. The van der Waals surface area contributed by atoms with Gasteiger partial charge in [0.05, 0.1) is 7.11 Å². The minimum atomic E-state index is -6.75. The third-order valence-electron chi connectivity index (χ3n) is 1.74. The molecule has 0 radical (unpaired) electrons. The zero-order valence-electron chi connectivity index (χ0n) is 9.07. The third kappa shape index (κ3) is 3.54. The maximum absolute atomic E-state index is 12.9. The van der Waals surface area contributed by atoms with Gasteiger partial charge in [-0.2, -0.15) is 43.9 Å². The highest BCUT2D eigenvalue weighted by molar-refractivity contribution is 5.36. The minimum Gasteiger partial charge on any atom is -0.491 e. The fourth-order valence-electron chi connectivity index (χ4n) is 0.908. The van der Waals surface area contributed by atoms with Gasteiger partial charge in [-0.15, -0.1) is 0 Å². The highest BCUT2D eigenvalue weighted by Gasteiger charge is 2.64. The Morgan fingerprint density at radius 3 is 1.40 bits per heavy atom. The number of allylic oxidation sites excluding steroid dienone is 2.